The second-order valence-electron chi connectivity index (χ2n) is 8.45. The highest BCUT2D eigenvalue weighted by Gasteiger charge is 2.23. The fourth-order valence-corrected chi connectivity index (χ4v) is 5.53. The summed E-state index contributed by atoms with van der Waals surface area (Å²) < 4.78 is 1.89. The van der Waals surface area contributed by atoms with Crippen LogP contribution < -0.4 is 10.1 Å². The summed E-state index contributed by atoms with van der Waals surface area (Å²) in [7, 11) is 1.96. The third kappa shape index (κ3) is 5.01. The van der Waals surface area contributed by atoms with Crippen molar-refractivity contribution >= 4 is 17.2 Å². The van der Waals surface area contributed by atoms with Crippen molar-refractivity contribution < 1.29 is 4.79 Å². The molecular weight excluding hydrogens is 394 g/mol. The molecule has 0 spiro atoms. The van der Waals surface area contributed by atoms with Gasteiger partial charge in [-0.3, -0.25) is 14.7 Å². The maximum Gasteiger partial charge on any atom is 0.251 e. The number of nitrogens with zero attached hydrogens (tertiary/aromatic N) is 4. The molecule has 1 saturated heterocycles. The van der Waals surface area contributed by atoms with Crippen molar-refractivity contribution in [2.45, 2.75) is 64.0 Å². The molecule has 0 bridgehead atoms. The van der Waals surface area contributed by atoms with Crippen molar-refractivity contribution in [1.82, 2.24) is 20.0 Å². The topological polar surface area (TPSA) is 62.5 Å². The molecule has 1 unspecified atom stereocenters. The molecule has 1 saturated carbocycles. The molecule has 4 rings (SSSR count). The lowest BCUT2D eigenvalue weighted by Gasteiger charge is -2.22. The lowest BCUT2D eigenvalue weighted by atomic mass is 9.96. The van der Waals surface area contributed by atoms with E-state index in [1.165, 1.54) is 44.9 Å². The van der Waals surface area contributed by atoms with Crippen LogP contribution in [0.25, 0.3) is 10.6 Å². The number of rotatable bonds is 6. The maximum atomic E-state index is 12.6. The molecule has 1 atom stereocenters. The molecule has 30 heavy (non-hydrogen) atoms. The van der Waals surface area contributed by atoms with E-state index in [-0.39, 0.29) is 5.91 Å². The Hall–Kier alpha value is -1.99. The molecule has 2 fully saturated rings. The Kier molecular flexibility index (Phi) is 7.00. The number of aryl methyl sites for hydroxylation is 1. The Morgan fingerprint density at radius 2 is 1.93 bits per heavy atom. The van der Waals surface area contributed by atoms with Crippen LogP contribution in [0, 0.1) is 0 Å². The molecule has 1 aromatic carbocycles. The maximum absolute atomic E-state index is 12.6. The number of likely N-dealkylation sites (N-methyl/N-ethyl adjacent to an activating group) is 1. The second kappa shape index (κ2) is 9.88. The lowest BCUT2D eigenvalue weighted by Crippen LogP contribution is -2.40. The SMILES string of the molecule is CCN1CCCC1CNC(=O)c1ccc(-c2nn(C)c(=NC3CCCCC3)s2)cc1. The van der Waals surface area contributed by atoms with Crippen molar-refractivity contribution in [3.8, 4) is 10.6 Å². The Morgan fingerprint density at radius 1 is 1.17 bits per heavy atom. The molecule has 1 N–H and O–H groups in total. The highest BCUT2D eigenvalue weighted by Crippen LogP contribution is 2.22. The monoisotopic (exact) mass is 427 g/mol. The number of carbonyl (C=O) groups is 1. The minimum absolute atomic E-state index is 0.00202. The number of aromatic nitrogens is 2. The largest absolute Gasteiger partial charge is 0.350 e. The first-order valence-electron chi connectivity index (χ1n) is 11.3. The molecule has 1 amide bonds. The Balaban J connectivity index is 1.40. The van der Waals surface area contributed by atoms with Gasteiger partial charge in [0.1, 0.15) is 5.01 Å². The summed E-state index contributed by atoms with van der Waals surface area (Å²) in [4.78, 5) is 20.9. The van der Waals surface area contributed by atoms with Crippen LogP contribution in [-0.4, -0.2) is 52.3 Å². The fraction of sp³-hybridized carbons (Fsp3) is 0.609. The first kappa shape index (κ1) is 21.2. The molecule has 6 nitrogen and oxygen atoms in total. The van der Waals surface area contributed by atoms with Crippen LogP contribution in [0.2, 0.25) is 0 Å². The van der Waals surface area contributed by atoms with Gasteiger partial charge >= 0.3 is 0 Å². The van der Waals surface area contributed by atoms with Gasteiger partial charge < -0.3 is 5.32 Å². The molecule has 1 aromatic heterocycles. The van der Waals surface area contributed by atoms with Gasteiger partial charge in [-0.2, -0.15) is 5.10 Å². The van der Waals surface area contributed by atoms with E-state index in [0.29, 0.717) is 17.6 Å². The van der Waals surface area contributed by atoms with Crippen LogP contribution in [0.1, 0.15) is 62.2 Å². The molecule has 0 radical (unpaired) electrons. The Morgan fingerprint density at radius 3 is 2.67 bits per heavy atom. The first-order chi connectivity index (χ1) is 14.6. The molecule has 2 aromatic rings. The average molecular weight is 428 g/mol. The zero-order valence-corrected chi connectivity index (χ0v) is 19.0. The van der Waals surface area contributed by atoms with Gasteiger partial charge in [0.2, 0.25) is 4.80 Å². The minimum atomic E-state index is 0.00202. The number of hydrogen-bond donors (Lipinski definition) is 1. The van der Waals surface area contributed by atoms with Crippen LogP contribution >= 0.6 is 11.3 Å². The summed E-state index contributed by atoms with van der Waals surface area (Å²) in [5, 5.41) is 8.72. The summed E-state index contributed by atoms with van der Waals surface area (Å²) in [5.74, 6) is 0.00202. The number of carbonyl (C=O) groups excluding carboxylic acids is 1. The number of nitrogens with one attached hydrogen (secondary N) is 1. The Bertz CT molecular complexity index is 910. The van der Waals surface area contributed by atoms with Crippen LogP contribution in [0.3, 0.4) is 0 Å². The van der Waals surface area contributed by atoms with Gasteiger partial charge in [-0.15, -0.1) is 0 Å². The summed E-state index contributed by atoms with van der Waals surface area (Å²) in [6, 6.07) is 8.69. The van der Waals surface area contributed by atoms with Crippen LogP contribution in [-0.2, 0) is 7.05 Å². The van der Waals surface area contributed by atoms with Gasteiger partial charge in [-0.25, -0.2) is 4.68 Å². The van der Waals surface area contributed by atoms with Crippen molar-refractivity contribution in [1.29, 1.82) is 0 Å². The van der Waals surface area contributed by atoms with Crippen LogP contribution in [0.5, 0.6) is 0 Å². The van der Waals surface area contributed by atoms with E-state index >= 15 is 0 Å². The van der Waals surface area contributed by atoms with Gasteiger partial charge in [-0.1, -0.05) is 49.7 Å². The molecule has 1 aliphatic heterocycles. The predicted octanol–water partition coefficient (Wildman–Crippen LogP) is 3.60. The summed E-state index contributed by atoms with van der Waals surface area (Å²) in [6.07, 6.45) is 8.67. The number of benzene rings is 1. The van der Waals surface area contributed by atoms with Crippen LogP contribution in [0.4, 0.5) is 0 Å². The summed E-state index contributed by atoms with van der Waals surface area (Å²) in [5.41, 5.74) is 1.73. The smallest absolute Gasteiger partial charge is 0.251 e. The fourth-order valence-electron chi connectivity index (χ4n) is 4.56. The van der Waals surface area contributed by atoms with E-state index < -0.39 is 0 Å². The summed E-state index contributed by atoms with van der Waals surface area (Å²) in [6.45, 7) is 5.11. The number of likely N-dealkylation sites (tertiary alicyclic amines) is 1. The average Bonchev–Trinajstić information content (AvgIpc) is 3.39. The molecular formula is C23H33N5OS. The van der Waals surface area contributed by atoms with E-state index in [0.717, 1.165) is 35.0 Å². The molecule has 2 aliphatic rings. The van der Waals surface area contributed by atoms with E-state index in [2.05, 4.69) is 22.2 Å². The number of hydrogen-bond acceptors (Lipinski definition) is 5. The highest BCUT2D eigenvalue weighted by molar-refractivity contribution is 7.12. The van der Waals surface area contributed by atoms with E-state index in [1.807, 2.05) is 36.0 Å². The van der Waals surface area contributed by atoms with E-state index in [1.54, 1.807) is 11.3 Å². The van der Waals surface area contributed by atoms with Crippen LogP contribution in [0.15, 0.2) is 29.3 Å². The third-order valence-electron chi connectivity index (χ3n) is 6.37. The second-order valence-corrected chi connectivity index (χ2v) is 9.40. The molecule has 162 valence electrons. The number of amides is 1. The highest BCUT2D eigenvalue weighted by atomic mass is 32.1. The van der Waals surface area contributed by atoms with E-state index in [4.69, 9.17) is 4.99 Å². The van der Waals surface area contributed by atoms with Gasteiger partial charge in [0.05, 0.1) is 6.04 Å². The first-order valence-corrected chi connectivity index (χ1v) is 12.2. The van der Waals surface area contributed by atoms with Crippen molar-refractivity contribution in [2.75, 3.05) is 19.6 Å². The van der Waals surface area contributed by atoms with Crippen molar-refractivity contribution in [2.24, 2.45) is 12.0 Å². The van der Waals surface area contributed by atoms with Crippen molar-refractivity contribution in [3.05, 3.63) is 34.6 Å². The summed E-state index contributed by atoms with van der Waals surface area (Å²) >= 11 is 1.63. The zero-order valence-electron chi connectivity index (χ0n) is 18.1. The van der Waals surface area contributed by atoms with Gasteiger partial charge in [0.25, 0.3) is 5.91 Å². The predicted molar refractivity (Wildman–Crippen MR) is 122 cm³/mol. The quantitative estimate of drug-likeness (QED) is 0.766. The van der Waals surface area contributed by atoms with Crippen molar-refractivity contribution in [3.63, 3.8) is 0 Å². The van der Waals surface area contributed by atoms with E-state index in [9.17, 15) is 4.79 Å². The third-order valence-corrected chi connectivity index (χ3v) is 7.43. The zero-order chi connectivity index (χ0) is 20.9. The minimum Gasteiger partial charge on any atom is -0.350 e. The van der Waals surface area contributed by atoms with Gasteiger partial charge in [-0.05, 0) is 50.9 Å². The molecule has 2 heterocycles. The normalized spacial score (nSPS) is 21.3. The molecule has 7 heteroatoms. The van der Waals surface area contributed by atoms with Gasteiger partial charge in [0, 0.05) is 30.8 Å². The standard InChI is InChI=1S/C23H33N5OS/c1-3-28-15-7-10-20(28)16-24-21(29)17-11-13-18(14-12-17)22-26-27(2)23(30-22)25-19-8-5-4-6-9-19/h11-14,19-20H,3-10,15-16H2,1-2H3,(H,24,29). The molecule has 1 aliphatic carbocycles. The lowest BCUT2D eigenvalue weighted by molar-refractivity contribution is 0.0941. The Labute approximate surface area is 183 Å². The van der Waals surface area contributed by atoms with Gasteiger partial charge in [0.15, 0.2) is 0 Å².